The fourth-order valence-electron chi connectivity index (χ4n) is 2.54. The van der Waals surface area contributed by atoms with E-state index in [1.165, 1.54) is 38.8 Å². The van der Waals surface area contributed by atoms with E-state index in [4.69, 9.17) is 0 Å². The highest BCUT2D eigenvalue weighted by molar-refractivity contribution is 4.77. The molecule has 3 atom stereocenters. The van der Waals surface area contributed by atoms with Crippen LogP contribution in [0.5, 0.6) is 0 Å². The lowest BCUT2D eigenvalue weighted by molar-refractivity contribution is 0.120. The van der Waals surface area contributed by atoms with Crippen LogP contribution in [0.25, 0.3) is 0 Å². The van der Waals surface area contributed by atoms with Crippen molar-refractivity contribution in [3.63, 3.8) is 0 Å². The standard InChI is InChI=1S/C14H30N2/c1-5-9-15-13(3)8-10-16-11-12(2)6-7-14(16)4/h12-15H,5-11H2,1-4H3. The predicted molar refractivity (Wildman–Crippen MR) is 71.8 cm³/mol. The van der Waals surface area contributed by atoms with Gasteiger partial charge in [0.1, 0.15) is 0 Å². The van der Waals surface area contributed by atoms with Gasteiger partial charge in [0, 0.05) is 18.6 Å². The third-order valence-corrected chi connectivity index (χ3v) is 3.84. The molecule has 96 valence electrons. The zero-order chi connectivity index (χ0) is 12.0. The minimum absolute atomic E-state index is 0.671. The molecule has 1 heterocycles. The molecule has 0 aromatic heterocycles. The third-order valence-electron chi connectivity index (χ3n) is 3.84. The van der Waals surface area contributed by atoms with Gasteiger partial charge in [-0.3, -0.25) is 0 Å². The van der Waals surface area contributed by atoms with E-state index < -0.39 is 0 Å². The number of rotatable bonds is 6. The molecular formula is C14H30N2. The summed E-state index contributed by atoms with van der Waals surface area (Å²) in [6, 6.07) is 1.47. The Balaban J connectivity index is 2.19. The number of hydrogen-bond donors (Lipinski definition) is 1. The van der Waals surface area contributed by atoms with Crippen LogP contribution in [-0.4, -0.2) is 36.6 Å². The van der Waals surface area contributed by atoms with Crippen molar-refractivity contribution in [1.82, 2.24) is 10.2 Å². The van der Waals surface area contributed by atoms with Gasteiger partial charge in [0.15, 0.2) is 0 Å². The van der Waals surface area contributed by atoms with Gasteiger partial charge in [0.2, 0.25) is 0 Å². The third kappa shape index (κ3) is 4.84. The van der Waals surface area contributed by atoms with Crippen LogP contribution >= 0.6 is 0 Å². The van der Waals surface area contributed by atoms with Gasteiger partial charge in [-0.15, -0.1) is 0 Å². The Morgan fingerprint density at radius 3 is 2.75 bits per heavy atom. The van der Waals surface area contributed by atoms with Crippen LogP contribution in [0, 0.1) is 5.92 Å². The van der Waals surface area contributed by atoms with Gasteiger partial charge >= 0.3 is 0 Å². The Kier molecular flexibility index (Phi) is 6.37. The summed E-state index contributed by atoms with van der Waals surface area (Å²) >= 11 is 0. The van der Waals surface area contributed by atoms with Crippen LogP contribution in [-0.2, 0) is 0 Å². The van der Waals surface area contributed by atoms with E-state index in [-0.39, 0.29) is 0 Å². The van der Waals surface area contributed by atoms with Crippen molar-refractivity contribution in [2.45, 2.75) is 65.5 Å². The Labute approximate surface area is 102 Å². The summed E-state index contributed by atoms with van der Waals surface area (Å²) < 4.78 is 0. The first-order chi connectivity index (χ1) is 7.63. The minimum atomic E-state index is 0.671. The van der Waals surface area contributed by atoms with Crippen LogP contribution in [0.2, 0.25) is 0 Å². The largest absolute Gasteiger partial charge is 0.314 e. The Morgan fingerprint density at radius 1 is 1.31 bits per heavy atom. The summed E-state index contributed by atoms with van der Waals surface area (Å²) in [7, 11) is 0. The molecule has 0 bridgehead atoms. The average Bonchev–Trinajstić information content (AvgIpc) is 2.27. The second-order valence-corrected chi connectivity index (χ2v) is 5.67. The van der Waals surface area contributed by atoms with Gasteiger partial charge in [0.25, 0.3) is 0 Å². The van der Waals surface area contributed by atoms with Gasteiger partial charge in [-0.25, -0.2) is 0 Å². The molecule has 2 nitrogen and oxygen atoms in total. The molecule has 0 saturated carbocycles. The first-order valence-electron chi connectivity index (χ1n) is 7.11. The molecule has 1 aliphatic heterocycles. The van der Waals surface area contributed by atoms with Gasteiger partial charge < -0.3 is 10.2 Å². The van der Waals surface area contributed by atoms with E-state index in [9.17, 15) is 0 Å². The monoisotopic (exact) mass is 226 g/mol. The van der Waals surface area contributed by atoms with Crippen LogP contribution < -0.4 is 5.32 Å². The molecule has 0 aromatic carbocycles. The van der Waals surface area contributed by atoms with Crippen molar-refractivity contribution >= 4 is 0 Å². The molecule has 0 radical (unpaired) electrons. The molecule has 0 amide bonds. The summed E-state index contributed by atoms with van der Waals surface area (Å²) in [5, 5.41) is 3.57. The first kappa shape index (κ1) is 14.0. The zero-order valence-corrected chi connectivity index (χ0v) is 11.6. The van der Waals surface area contributed by atoms with E-state index in [1.54, 1.807) is 0 Å². The van der Waals surface area contributed by atoms with E-state index in [2.05, 4.69) is 37.9 Å². The predicted octanol–water partition coefficient (Wildman–Crippen LogP) is 2.89. The molecule has 1 aliphatic rings. The number of nitrogens with zero attached hydrogens (tertiary/aromatic N) is 1. The first-order valence-corrected chi connectivity index (χ1v) is 7.11. The summed E-state index contributed by atoms with van der Waals surface area (Å²) in [5.74, 6) is 0.898. The number of nitrogens with one attached hydrogen (secondary N) is 1. The summed E-state index contributed by atoms with van der Waals surface area (Å²) in [6.07, 6.45) is 5.33. The lowest BCUT2D eigenvalue weighted by atomic mass is 9.95. The van der Waals surface area contributed by atoms with Crippen molar-refractivity contribution in [3.8, 4) is 0 Å². The summed E-state index contributed by atoms with van der Waals surface area (Å²) in [4.78, 5) is 2.68. The topological polar surface area (TPSA) is 15.3 Å². The second kappa shape index (κ2) is 7.29. The highest BCUT2D eigenvalue weighted by atomic mass is 15.2. The molecule has 0 spiro atoms. The molecular weight excluding hydrogens is 196 g/mol. The Hall–Kier alpha value is -0.0800. The fourth-order valence-corrected chi connectivity index (χ4v) is 2.54. The van der Waals surface area contributed by atoms with Crippen molar-refractivity contribution in [2.75, 3.05) is 19.6 Å². The van der Waals surface area contributed by atoms with Gasteiger partial charge in [-0.2, -0.15) is 0 Å². The zero-order valence-electron chi connectivity index (χ0n) is 11.6. The summed E-state index contributed by atoms with van der Waals surface area (Å²) in [5.41, 5.74) is 0. The van der Waals surface area contributed by atoms with Crippen molar-refractivity contribution in [3.05, 3.63) is 0 Å². The summed E-state index contributed by atoms with van der Waals surface area (Å²) in [6.45, 7) is 13.0. The molecule has 1 fully saturated rings. The van der Waals surface area contributed by atoms with Gasteiger partial charge in [-0.05, 0) is 58.5 Å². The lowest BCUT2D eigenvalue weighted by Crippen LogP contribution is -2.43. The number of hydrogen-bond acceptors (Lipinski definition) is 2. The number of piperidine rings is 1. The van der Waals surface area contributed by atoms with E-state index in [0.717, 1.165) is 18.5 Å². The molecule has 1 rings (SSSR count). The second-order valence-electron chi connectivity index (χ2n) is 5.67. The SMILES string of the molecule is CCCNC(C)CCN1CC(C)CCC1C. The lowest BCUT2D eigenvalue weighted by Gasteiger charge is -2.37. The van der Waals surface area contributed by atoms with E-state index in [1.807, 2.05) is 0 Å². The smallest absolute Gasteiger partial charge is 0.00671 e. The molecule has 3 unspecified atom stereocenters. The molecule has 1 saturated heterocycles. The van der Waals surface area contributed by atoms with Crippen molar-refractivity contribution in [1.29, 1.82) is 0 Å². The average molecular weight is 226 g/mol. The van der Waals surface area contributed by atoms with Crippen molar-refractivity contribution in [2.24, 2.45) is 5.92 Å². The van der Waals surface area contributed by atoms with Gasteiger partial charge in [-0.1, -0.05) is 13.8 Å². The van der Waals surface area contributed by atoms with Crippen molar-refractivity contribution < 1.29 is 0 Å². The quantitative estimate of drug-likeness (QED) is 0.749. The van der Waals surface area contributed by atoms with Crippen LogP contribution in [0.3, 0.4) is 0 Å². The highest BCUT2D eigenvalue weighted by Gasteiger charge is 2.22. The molecule has 2 heteroatoms. The minimum Gasteiger partial charge on any atom is -0.314 e. The maximum absolute atomic E-state index is 3.57. The number of likely N-dealkylation sites (tertiary alicyclic amines) is 1. The van der Waals surface area contributed by atoms with Crippen LogP contribution in [0.1, 0.15) is 53.4 Å². The maximum atomic E-state index is 3.57. The molecule has 16 heavy (non-hydrogen) atoms. The van der Waals surface area contributed by atoms with Gasteiger partial charge in [0.05, 0.1) is 0 Å². The molecule has 0 aromatic rings. The van der Waals surface area contributed by atoms with E-state index in [0.29, 0.717) is 6.04 Å². The van der Waals surface area contributed by atoms with E-state index >= 15 is 0 Å². The Morgan fingerprint density at radius 2 is 2.06 bits per heavy atom. The van der Waals surface area contributed by atoms with Crippen LogP contribution in [0.4, 0.5) is 0 Å². The highest BCUT2D eigenvalue weighted by Crippen LogP contribution is 2.21. The maximum Gasteiger partial charge on any atom is 0.00671 e. The molecule has 0 aliphatic carbocycles. The molecule has 1 N–H and O–H groups in total. The Bertz CT molecular complexity index is 182. The normalized spacial score (nSPS) is 29.2. The fraction of sp³-hybridized carbons (Fsp3) is 1.00. The van der Waals surface area contributed by atoms with Crippen LogP contribution in [0.15, 0.2) is 0 Å².